The Morgan fingerprint density at radius 3 is 2.14 bits per heavy atom. The summed E-state index contributed by atoms with van der Waals surface area (Å²) in [5.41, 5.74) is 4.62. The molecule has 2 aliphatic rings. The maximum atomic E-state index is 13.5. The first-order valence-electron chi connectivity index (χ1n) is 9.98. The molecule has 0 aliphatic carbocycles. The van der Waals surface area contributed by atoms with Crippen molar-refractivity contribution < 1.29 is 9.59 Å². The highest BCUT2D eigenvalue weighted by Gasteiger charge is 2.43. The molecule has 0 spiro atoms. The molecular weight excluding hydrogens is 348 g/mol. The summed E-state index contributed by atoms with van der Waals surface area (Å²) in [7, 11) is 0. The molecule has 0 N–H and O–H groups in total. The zero-order valence-electron chi connectivity index (χ0n) is 16.7. The van der Waals surface area contributed by atoms with Gasteiger partial charge < -0.3 is 4.90 Å². The molecule has 0 saturated carbocycles. The number of likely N-dealkylation sites (tertiary alicyclic amines) is 1. The molecule has 1 fully saturated rings. The summed E-state index contributed by atoms with van der Waals surface area (Å²) in [6, 6.07) is 15.5. The number of anilines is 1. The van der Waals surface area contributed by atoms with Gasteiger partial charge in [-0.3, -0.25) is 9.59 Å². The van der Waals surface area contributed by atoms with Crippen molar-refractivity contribution in [3.05, 3.63) is 70.9 Å². The third kappa shape index (κ3) is 3.13. The molecule has 2 amide bonds. The topological polar surface area (TPSA) is 40.6 Å². The van der Waals surface area contributed by atoms with Crippen LogP contribution in [0.3, 0.4) is 0 Å². The van der Waals surface area contributed by atoms with Gasteiger partial charge in [0.1, 0.15) is 5.70 Å². The van der Waals surface area contributed by atoms with E-state index in [9.17, 15) is 9.59 Å². The van der Waals surface area contributed by atoms with Crippen LogP contribution in [0, 0.1) is 19.8 Å². The quantitative estimate of drug-likeness (QED) is 0.751. The molecule has 2 heterocycles. The van der Waals surface area contributed by atoms with Gasteiger partial charge in [-0.15, -0.1) is 0 Å². The van der Waals surface area contributed by atoms with Crippen LogP contribution >= 0.6 is 0 Å². The first-order chi connectivity index (χ1) is 13.5. The van der Waals surface area contributed by atoms with Crippen LogP contribution in [0.4, 0.5) is 5.69 Å². The molecule has 2 aromatic carbocycles. The van der Waals surface area contributed by atoms with E-state index in [4.69, 9.17) is 0 Å². The summed E-state index contributed by atoms with van der Waals surface area (Å²) in [6.45, 7) is 7.82. The van der Waals surface area contributed by atoms with Crippen molar-refractivity contribution in [1.82, 2.24) is 4.90 Å². The van der Waals surface area contributed by atoms with Crippen molar-refractivity contribution in [3.8, 4) is 0 Å². The number of aryl methyl sites for hydroxylation is 2. The Labute approximate surface area is 166 Å². The van der Waals surface area contributed by atoms with Gasteiger partial charge >= 0.3 is 0 Å². The highest BCUT2D eigenvalue weighted by Crippen LogP contribution is 2.37. The number of rotatable bonds is 3. The van der Waals surface area contributed by atoms with Gasteiger partial charge in [-0.05, 0) is 49.8 Å². The zero-order valence-corrected chi connectivity index (χ0v) is 16.7. The van der Waals surface area contributed by atoms with E-state index in [0.29, 0.717) is 22.9 Å². The fraction of sp³-hybridized carbons (Fsp3) is 0.333. The molecule has 0 atom stereocenters. The molecule has 4 rings (SSSR count). The number of para-hydroxylation sites is 1. The van der Waals surface area contributed by atoms with Crippen LogP contribution in [0.2, 0.25) is 0 Å². The minimum atomic E-state index is -0.225. The van der Waals surface area contributed by atoms with Gasteiger partial charge in [0.05, 0.1) is 11.3 Å². The van der Waals surface area contributed by atoms with Crippen molar-refractivity contribution >= 4 is 23.1 Å². The minimum absolute atomic E-state index is 0.204. The summed E-state index contributed by atoms with van der Waals surface area (Å²) in [5.74, 6) is 0.223. The smallest absolute Gasteiger partial charge is 0.282 e. The Kier molecular flexibility index (Phi) is 4.80. The number of hydrogen-bond donors (Lipinski definition) is 0. The van der Waals surface area contributed by atoms with E-state index in [1.54, 1.807) is 0 Å². The number of benzene rings is 2. The van der Waals surface area contributed by atoms with E-state index >= 15 is 0 Å². The SMILES string of the molecule is Cc1ccc(C2=C(N3CCC(C)CC3)C(=O)N(c3ccccc3C)C2=O)cc1. The normalized spacial score (nSPS) is 18.4. The van der Waals surface area contributed by atoms with Crippen molar-refractivity contribution in [1.29, 1.82) is 0 Å². The molecule has 0 aromatic heterocycles. The third-order valence-corrected chi connectivity index (χ3v) is 5.86. The van der Waals surface area contributed by atoms with Crippen molar-refractivity contribution in [2.24, 2.45) is 5.92 Å². The van der Waals surface area contributed by atoms with E-state index in [2.05, 4.69) is 11.8 Å². The lowest BCUT2D eigenvalue weighted by atomic mass is 9.97. The first kappa shape index (κ1) is 18.5. The standard InChI is InChI=1S/C24H26N2O2/c1-16-8-10-19(11-9-16)21-22(25-14-12-17(2)13-15-25)24(28)26(23(21)27)20-7-5-4-6-18(20)3/h4-11,17H,12-15H2,1-3H3. The lowest BCUT2D eigenvalue weighted by Gasteiger charge is -2.32. The van der Waals surface area contributed by atoms with Crippen molar-refractivity contribution in [2.75, 3.05) is 18.0 Å². The van der Waals surface area contributed by atoms with E-state index in [-0.39, 0.29) is 11.8 Å². The summed E-state index contributed by atoms with van der Waals surface area (Å²) < 4.78 is 0. The predicted octanol–water partition coefficient (Wildman–Crippen LogP) is 4.32. The second kappa shape index (κ2) is 7.27. The number of hydrogen-bond acceptors (Lipinski definition) is 3. The highest BCUT2D eigenvalue weighted by molar-refractivity contribution is 6.45. The molecule has 2 aliphatic heterocycles. The highest BCUT2D eigenvalue weighted by atomic mass is 16.2. The molecule has 1 saturated heterocycles. The van der Waals surface area contributed by atoms with Crippen LogP contribution in [-0.2, 0) is 9.59 Å². The monoisotopic (exact) mass is 374 g/mol. The molecule has 0 unspecified atom stereocenters. The molecule has 4 nitrogen and oxygen atoms in total. The lowest BCUT2D eigenvalue weighted by Crippen LogP contribution is -2.38. The van der Waals surface area contributed by atoms with Gasteiger partial charge in [-0.2, -0.15) is 0 Å². The molecule has 2 aromatic rings. The fourth-order valence-corrected chi connectivity index (χ4v) is 4.06. The fourth-order valence-electron chi connectivity index (χ4n) is 4.06. The van der Waals surface area contributed by atoms with Crippen LogP contribution in [0.15, 0.2) is 54.2 Å². The van der Waals surface area contributed by atoms with Crippen LogP contribution in [-0.4, -0.2) is 29.8 Å². The van der Waals surface area contributed by atoms with Gasteiger partial charge in [-0.1, -0.05) is 55.0 Å². The summed E-state index contributed by atoms with van der Waals surface area (Å²) in [5, 5.41) is 0. The lowest BCUT2D eigenvalue weighted by molar-refractivity contribution is -0.120. The molecule has 144 valence electrons. The number of nitrogens with zero attached hydrogens (tertiary/aromatic N) is 2. The molecule has 4 heteroatoms. The van der Waals surface area contributed by atoms with Crippen molar-refractivity contribution in [3.63, 3.8) is 0 Å². The Balaban J connectivity index is 1.82. The predicted molar refractivity (Wildman–Crippen MR) is 112 cm³/mol. The number of piperidine rings is 1. The third-order valence-electron chi connectivity index (χ3n) is 5.86. The summed E-state index contributed by atoms with van der Waals surface area (Å²) >= 11 is 0. The average Bonchev–Trinajstić information content (AvgIpc) is 2.94. The second-order valence-electron chi connectivity index (χ2n) is 7.99. The maximum absolute atomic E-state index is 13.5. The Morgan fingerprint density at radius 2 is 1.50 bits per heavy atom. The number of imide groups is 1. The number of carbonyl (C=O) groups is 2. The van der Waals surface area contributed by atoms with E-state index < -0.39 is 0 Å². The van der Waals surface area contributed by atoms with Crippen LogP contribution in [0.5, 0.6) is 0 Å². The largest absolute Gasteiger partial charge is 0.366 e. The van der Waals surface area contributed by atoms with Gasteiger partial charge in [-0.25, -0.2) is 4.90 Å². The Morgan fingerprint density at radius 1 is 0.857 bits per heavy atom. The molecular formula is C24H26N2O2. The van der Waals surface area contributed by atoms with Gasteiger partial charge in [0.25, 0.3) is 11.8 Å². The van der Waals surface area contributed by atoms with Gasteiger partial charge in [0.15, 0.2) is 0 Å². The molecule has 28 heavy (non-hydrogen) atoms. The van der Waals surface area contributed by atoms with E-state index in [0.717, 1.165) is 42.6 Å². The number of amides is 2. The molecule has 0 radical (unpaired) electrons. The average molecular weight is 374 g/mol. The van der Waals surface area contributed by atoms with E-state index in [1.807, 2.05) is 62.4 Å². The van der Waals surface area contributed by atoms with Crippen LogP contribution in [0.25, 0.3) is 5.57 Å². The second-order valence-corrected chi connectivity index (χ2v) is 7.99. The first-order valence-corrected chi connectivity index (χ1v) is 9.98. The van der Waals surface area contributed by atoms with Crippen molar-refractivity contribution in [2.45, 2.75) is 33.6 Å². The van der Waals surface area contributed by atoms with Crippen LogP contribution < -0.4 is 4.90 Å². The Hall–Kier alpha value is -2.88. The summed E-state index contributed by atoms with van der Waals surface area (Å²) in [6.07, 6.45) is 2.08. The summed E-state index contributed by atoms with van der Waals surface area (Å²) in [4.78, 5) is 30.5. The Bertz CT molecular complexity index is 951. The van der Waals surface area contributed by atoms with Crippen LogP contribution in [0.1, 0.15) is 36.5 Å². The van der Waals surface area contributed by atoms with Gasteiger partial charge in [0, 0.05) is 13.1 Å². The van der Waals surface area contributed by atoms with E-state index in [1.165, 1.54) is 4.90 Å². The maximum Gasteiger partial charge on any atom is 0.282 e. The zero-order chi connectivity index (χ0) is 19.8. The van der Waals surface area contributed by atoms with Gasteiger partial charge in [0.2, 0.25) is 0 Å². The number of carbonyl (C=O) groups excluding carboxylic acids is 2. The minimum Gasteiger partial charge on any atom is -0.366 e. The molecule has 0 bridgehead atoms.